The molecule has 0 aliphatic carbocycles. The minimum atomic E-state index is -0.359. The molecular weight excluding hydrogens is 342 g/mol. The Morgan fingerprint density at radius 1 is 0.926 bits per heavy atom. The molecule has 1 saturated heterocycles. The first-order valence-corrected chi connectivity index (χ1v) is 8.98. The van der Waals surface area contributed by atoms with E-state index in [1.54, 1.807) is 18.2 Å². The van der Waals surface area contributed by atoms with Crippen molar-refractivity contribution in [2.24, 2.45) is 0 Å². The van der Waals surface area contributed by atoms with E-state index in [4.69, 9.17) is 0 Å². The Kier molecular flexibility index (Phi) is 4.28. The molecule has 1 atom stereocenters. The second kappa shape index (κ2) is 6.63. The zero-order valence-corrected chi connectivity index (χ0v) is 15.4. The largest absolute Gasteiger partial charge is 0.329 e. The fourth-order valence-electron chi connectivity index (χ4n) is 3.78. The minimum Gasteiger partial charge on any atom is -0.329 e. The predicted octanol–water partition coefficient (Wildman–Crippen LogP) is 2.04. The van der Waals surface area contributed by atoms with Crippen molar-refractivity contribution in [3.05, 3.63) is 70.8 Å². The number of benzene rings is 2. The zero-order valence-electron chi connectivity index (χ0n) is 15.4. The number of likely N-dealkylation sites (N-methyl/N-ethyl adjacent to an activating group) is 1. The maximum absolute atomic E-state index is 13.3. The molecule has 1 fully saturated rings. The highest BCUT2D eigenvalue weighted by molar-refractivity contribution is 6.21. The van der Waals surface area contributed by atoms with Gasteiger partial charge in [0.05, 0.1) is 17.2 Å². The van der Waals surface area contributed by atoms with Crippen LogP contribution >= 0.6 is 0 Å². The number of carbonyl (C=O) groups excluding carboxylic acids is 3. The number of hydrogen-bond donors (Lipinski definition) is 0. The molecule has 2 aromatic rings. The van der Waals surface area contributed by atoms with Crippen LogP contribution in [-0.4, -0.2) is 66.2 Å². The molecule has 0 aromatic heterocycles. The molecule has 6 heteroatoms. The maximum atomic E-state index is 13.3. The number of hydrogen-bond acceptors (Lipinski definition) is 4. The van der Waals surface area contributed by atoms with Crippen molar-refractivity contribution in [1.82, 2.24) is 14.7 Å². The molecule has 0 spiro atoms. The van der Waals surface area contributed by atoms with Gasteiger partial charge in [-0.1, -0.05) is 30.3 Å². The summed E-state index contributed by atoms with van der Waals surface area (Å²) >= 11 is 0. The Balaban J connectivity index is 1.68. The molecule has 0 bridgehead atoms. The van der Waals surface area contributed by atoms with E-state index < -0.39 is 0 Å². The summed E-state index contributed by atoms with van der Waals surface area (Å²) in [6.45, 7) is 2.15. The Bertz CT molecular complexity index is 926. The topological polar surface area (TPSA) is 60.9 Å². The molecule has 2 heterocycles. The van der Waals surface area contributed by atoms with Gasteiger partial charge in [-0.15, -0.1) is 0 Å². The van der Waals surface area contributed by atoms with Gasteiger partial charge < -0.3 is 9.80 Å². The third-order valence-corrected chi connectivity index (χ3v) is 5.37. The Hall–Kier alpha value is -2.99. The van der Waals surface area contributed by atoms with Crippen molar-refractivity contribution < 1.29 is 14.4 Å². The molecule has 138 valence electrons. The van der Waals surface area contributed by atoms with Crippen LogP contribution in [0.1, 0.15) is 42.7 Å². The summed E-state index contributed by atoms with van der Waals surface area (Å²) < 4.78 is 0. The highest BCUT2D eigenvalue weighted by atomic mass is 16.2. The molecular formula is C21H21N3O3. The average Bonchev–Trinajstić information content (AvgIpc) is 2.92. The van der Waals surface area contributed by atoms with Crippen LogP contribution in [-0.2, 0) is 0 Å². The lowest BCUT2D eigenvalue weighted by Crippen LogP contribution is -2.49. The lowest BCUT2D eigenvalue weighted by atomic mass is 10.00. The summed E-state index contributed by atoms with van der Waals surface area (Å²) in [5, 5.41) is 0. The molecule has 0 saturated carbocycles. The van der Waals surface area contributed by atoms with Gasteiger partial charge >= 0.3 is 0 Å². The fourth-order valence-corrected chi connectivity index (χ4v) is 3.78. The monoisotopic (exact) mass is 363 g/mol. The van der Waals surface area contributed by atoms with Crippen molar-refractivity contribution >= 4 is 17.7 Å². The molecule has 6 nitrogen and oxygen atoms in total. The first kappa shape index (κ1) is 17.4. The quantitative estimate of drug-likeness (QED) is 0.766. The van der Waals surface area contributed by atoms with Gasteiger partial charge in [-0.05, 0) is 30.8 Å². The van der Waals surface area contributed by atoms with Crippen LogP contribution in [0.4, 0.5) is 0 Å². The van der Waals surface area contributed by atoms with E-state index in [9.17, 15) is 14.4 Å². The highest BCUT2D eigenvalue weighted by Crippen LogP contribution is 2.28. The van der Waals surface area contributed by atoms with Crippen LogP contribution in [0.25, 0.3) is 0 Å². The number of carbonyl (C=O) groups is 3. The van der Waals surface area contributed by atoms with Crippen molar-refractivity contribution in [3.63, 3.8) is 0 Å². The van der Waals surface area contributed by atoms with Gasteiger partial charge in [-0.2, -0.15) is 0 Å². The third kappa shape index (κ3) is 2.92. The van der Waals surface area contributed by atoms with Gasteiger partial charge in [0.25, 0.3) is 17.7 Å². The number of nitrogens with zero attached hydrogens (tertiary/aromatic N) is 3. The Morgan fingerprint density at radius 2 is 1.63 bits per heavy atom. The van der Waals surface area contributed by atoms with Gasteiger partial charge in [-0.3, -0.25) is 19.3 Å². The zero-order chi connectivity index (χ0) is 19.1. The van der Waals surface area contributed by atoms with Crippen molar-refractivity contribution in [3.8, 4) is 0 Å². The lowest BCUT2D eigenvalue weighted by molar-refractivity contribution is 0.0497. The maximum Gasteiger partial charge on any atom is 0.261 e. The number of rotatable bonds is 2. The van der Waals surface area contributed by atoms with Gasteiger partial charge in [0.1, 0.15) is 0 Å². The van der Waals surface area contributed by atoms with E-state index in [1.165, 1.54) is 7.05 Å². The van der Waals surface area contributed by atoms with Crippen LogP contribution in [0, 0.1) is 0 Å². The fraction of sp³-hybridized carbons (Fsp3) is 0.286. The molecule has 0 N–H and O–H groups in total. The molecule has 2 aromatic carbocycles. The standard InChI is InChI=1S/C21H21N3O3/c1-22-10-11-24(18(13-22)14-6-4-3-5-7-14)19(25)15-8-9-16-17(12-15)21(27)23(2)20(16)26/h3-9,12,18H,10-11,13H2,1-2H3. The second-order valence-corrected chi connectivity index (χ2v) is 7.12. The third-order valence-electron chi connectivity index (χ3n) is 5.37. The van der Waals surface area contributed by atoms with Gasteiger partial charge in [-0.25, -0.2) is 0 Å². The molecule has 2 aliphatic rings. The predicted molar refractivity (Wildman–Crippen MR) is 101 cm³/mol. The lowest BCUT2D eigenvalue weighted by Gasteiger charge is -2.40. The first-order valence-electron chi connectivity index (χ1n) is 8.98. The minimum absolute atomic E-state index is 0.0503. The summed E-state index contributed by atoms with van der Waals surface area (Å²) in [5.41, 5.74) is 2.19. The van der Waals surface area contributed by atoms with Gasteiger partial charge in [0.15, 0.2) is 0 Å². The second-order valence-electron chi connectivity index (χ2n) is 7.12. The molecule has 2 aliphatic heterocycles. The molecule has 1 unspecified atom stereocenters. The van der Waals surface area contributed by atoms with E-state index >= 15 is 0 Å². The number of fused-ring (bicyclic) bond motifs is 1. The molecule has 0 radical (unpaired) electrons. The number of amides is 3. The van der Waals surface area contributed by atoms with Crippen LogP contribution in [0.15, 0.2) is 48.5 Å². The van der Waals surface area contributed by atoms with Crippen LogP contribution in [0.3, 0.4) is 0 Å². The summed E-state index contributed by atoms with van der Waals surface area (Å²) in [6, 6.07) is 14.7. The van der Waals surface area contributed by atoms with E-state index in [1.807, 2.05) is 42.3 Å². The van der Waals surface area contributed by atoms with E-state index in [2.05, 4.69) is 4.90 Å². The van der Waals surface area contributed by atoms with Gasteiger partial charge in [0, 0.05) is 32.2 Å². The van der Waals surface area contributed by atoms with Crippen molar-refractivity contribution in [2.45, 2.75) is 6.04 Å². The average molecular weight is 363 g/mol. The summed E-state index contributed by atoms with van der Waals surface area (Å²) in [4.78, 5) is 42.7. The molecule has 27 heavy (non-hydrogen) atoms. The smallest absolute Gasteiger partial charge is 0.261 e. The van der Waals surface area contributed by atoms with E-state index in [0.29, 0.717) is 23.2 Å². The summed E-state index contributed by atoms with van der Waals surface area (Å²) in [6.07, 6.45) is 0. The summed E-state index contributed by atoms with van der Waals surface area (Å²) in [7, 11) is 3.51. The van der Waals surface area contributed by atoms with Crippen LogP contribution in [0.2, 0.25) is 0 Å². The molecule has 3 amide bonds. The van der Waals surface area contributed by atoms with E-state index in [0.717, 1.165) is 23.6 Å². The van der Waals surface area contributed by atoms with Crippen LogP contribution in [0.5, 0.6) is 0 Å². The Morgan fingerprint density at radius 3 is 2.37 bits per heavy atom. The number of piperazine rings is 1. The normalized spacial score (nSPS) is 20.1. The Labute approximate surface area is 158 Å². The number of imide groups is 1. The van der Waals surface area contributed by atoms with E-state index in [-0.39, 0.29) is 23.8 Å². The molecule has 4 rings (SSSR count). The van der Waals surface area contributed by atoms with Crippen LogP contribution < -0.4 is 0 Å². The SMILES string of the molecule is CN1CCN(C(=O)c2ccc3c(c2)C(=O)N(C)C3=O)C(c2ccccc2)C1. The van der Waals surface area contributed by atoms with Crippen molar-refractivity contribution in [2.75, 3.05) is 33.7 Å². The summed E-state index contributed by atoms with van der Waals surface area (Å²) in [5.74, 6) is -0.798. The van der Waals surface area contributed by atoms with Crippen molar-refractivity contribution in [1.29, 1.82) is 0 Å². The highest BCUT2D eigenvalue weighted by Gasteiger charge is 2.35. The first-order chi connectivity index (χ1) is 13.0. The van der Waals surface area contributed by atoms with Gasteiger partial charge in [0.2, 0.25) is 0 Å².